The molecule has 0 aromatic heterocycles. The van der Waals surface area contributed by atoms with Crippen LogP contribution in [-0.4, -0.2) is 25.2 Å². The Morgan fingerprint density at radius 1 is 1.62 bits per heavy atom. The molecule has 0 saturated heterocycles. The third kappa shape index (κ3) is 7.09. The Morgan fingerprint density at radius 3 is 2.69 bits per heavy atom. The Morgan fingerprint density at radius 2 is 2.25 bits per heavy atom. The van der Waals surface area contributed by atoms with Gasteiger partial charge in [0.1, 0.15) is 3.53 Å². The van der Waals surface area contributed by atoms with Gasteiger partial charge < -0.3 is 5.11 Å². The number of carboxylic acid groups (broad SMARTS) is 1. The van der Waals surface area contributed by atoms with Gasteiger partial charge in [-0.2, -0.15) is 0 Å². The summed E-state index contributed by atoms with van der Waals surface area (Å²) < 4.78 is 0.728. The number of thioether (sulfide) groups is 2. The number of hydrogen-bond donors (Lipinski definition) is 1. The molecule has 0 bridgehead atoms. The molecule has 0 aromatic rings. The predicted molar refractivity (Wildman–Crippen MR) is 74.8 cm³/mol. The van der Waals surface area contributed by atoms with Crippen LogP contribution in [-0.2, 0) is 4.79 Å². The molecule has 6 heteroatoms. The molecular weight excluding hydrogens is 262 g/mol. The van der Waals surface area contributed by atoms with Gasteiger partial charge in [-0.05, 0) is 23.9 Å². The fourth-order valence-corrected chi connectivity index (χ4v) is 3.66. The summed E-state index contributed by atoms with van der Waals surface area (Å²) in [5.74, 6) is 0.0707. The van der Waals surface area contributed by atoms with Crippen molar-refractivity contribution < 1.29 is 9.90 Å². The largest absolute Gasteiger partial charge is 0.481 e. The Hall–Kier alpha value is -0.250. The van der Waals surface area contributed by atoms with E-state index in [1.54, 1.807) is 18.7 Å². The van der Waals surface area contributed by atoms with Crippen molar-refractivity contribution in [3.8, 4) is 0 Å². The van der Waals surface area contributed by atoms with Crippen LogP contribution in [0, 0.1) is 6.57 Å². The number of rotatable bonds is 6. The predicted octanol–water partition coefficient (Wildman–Crippen LogP) is 3.65. The van der Waals surface area contributed by atoms with Gasteiger partial charge in [0.05, 0.1) is 6.42 Å². The highest BCUT2D eigenvalue weighted by Gasteiger charge is 2.33. The Balaban J connectivity index is 4.20. The fraction of sp³-hybridized carbons (Fsp3) is 0.700. The van der Waals surface area contributed by atoms with E-state index in [-0.39, 0.29) is 6.42 Å². The van der Waals surface area contributed by atoms with Gasteiger partial charge >= 0.3 is 5.97 Å². The van der Waals surface area contributed by atoms with E-state index >= 15 is 0 Å². The first-order chi connectivity index (χ1) is 7.43. The van der Waals surface area contributed by atoms with E-state index in [2.05, 4.69) is 11.8 Å². The van der Waals surface area contributed by atoms with Crippen molar-refractivity contribution in [3.05, 3.63) is 11.4 Å². The van der Waals surface area contributed by atoms with Crippen LogP contribution in [0.5, 0.6) is 0 Å². The zero-order chi connectivity index (χ0) is 12.6. The van der Waals surface area contributed by atoms with E-state index in [0.717, 1.165) is 15.7 Å². The van der Waals surface area contributed by atoms with E-state index in [1.807, 2.05) is 0 Å². The minimum atomic E-state index is -0.873. The smallest absolute Gasteiger partial charge is 0.303 e. The lowest BCUT2D eigenvalue weighted by atomic mass is 10.2. The second kappa shape index (κ2) is 7.93. The van der Waals surface area contributed by atoms with Crippen LogP contribution in [0.2, 0.25) is 0 Å². The van der Waals surface area contributed by atoms with E-state index in [1.165, 1.54) is 11.8 Å². The topological polar surface area (TPSA) is 41.7 Å². The van der Waals surface area contributed by atoms with Gasteiger partial charge in [0.15, 0.2) is 0 Å². The SMILES string of the molecule is [C-]#[N+]C(C)(CCC(=O)O)SC(=S)SCCC. The van der Waals surface area contributed by atoms with Crippen molar-refractivity contribution >= 4 is 45.2 Å². The molecule has 0 aliphatic heterocycles. The highest BCUT2D eigenvalue weighted by atomic mass is 32.2. The molecule has 0 fully saturated rings. The lowest BCUT2D eigenvalue weighted by Crippen LogP contribution is -2.18. The molecule has 90 valence electrons. The van der Waals surface area contributed by atoms with Crippen molar-refractivity contribution in [2.24, 2.45) is 0 Å². The average Bonchev–Trinajstić information content (AvgIpc) is 2.23. The average molecular weight is 277 g/mol. The zero-order valence-corrected chi connectivity index (χ0v) is 11.8. The monoisotopic (exact) mass is 277 g/mol. The quantitative estimate of drug-likeness (QED) is 0.593. The molecular formula is C10H15NO2S3. The first-order valence-electron chi connectivity index (χ1n) is 4.89. The third-order valence-corrected chi connectivity index (χ3v) is 4.72. The van der Waals surface area contributed by atoms with E-state index in [0.29, 0.717) is 6.42 Å². The minimum Gasteiger partial charge on any atom is -0.481 e. The van der Waals surface area contributed by atoms with Gasteiger partial charge in [0, 0.05) is 13.3 Å². The fourth-order valence-electron chi connectivity index (χ4n) is 0.863. The molecule has 0 aliphatic carbocycles. The number of hydrogen-bond acceptors (Lipinski definition) is 4. The number of nitrogens with zero attached hydrogens (tertiary/aromatic N) is 1. The molecule has 0 rings (SSSR count). The molecule has 1 N–H and O–H groups in total. The Bertz CT molecular complexity index is 301. The zero-order valence-electron chi connectivity index (χ0n) is 9.36. The number of thiocarbonyl (C=S) groups is 1. The van der Waals surface area contributed by atoms with Crippen molar-refractivity contribution in [2.45, 2.75) is 38.0 Å². The molecule has 0 amide bonds. The van der Waals surface area contributed by atoms with Gasteiger partial charge in [-0.25, -0.2) is 6.57 Å². The van der Waals surface area contributed by atoms with Crippen LogP contribution in [0.1, 0.15) is 33.1 Å². The number of carbonyl (C=O) groups is 1. The van der Waals surface area contributed by atoms with Crippen LogP contribution in [0.4, 0.5) is 0 Å². The van der Waals surface area contributed by atoms with Crippen molar-refractivity contribution in [3.63, 3.8) is 0 Å². The summed E-state index contributed by atoms with van der Waals surface area (Å²) in [4.78, 5) is 13.2. The van der Waals surface area contributed by atoms with Crippen molar-refractivity contribution in [1.82, 2.24) is 0 Å². The molecule has 0 spiro atoms. The highest BCUT2D eigenvalue weighted by Crippen LogP contribution is 2.36. The maximum absolute atomic E-state index is 10.5. The summed E-state index contributed by atoms with van der Waals surface area (Å²) in [7, 11) is 0. The summed E-state index contributed by atoms with van der Waals surface area (Å²) in [6, 6.07) is 0. The molecule has 1 atom stereocenters. The molecule has 3 nitrogen and oxygen atoms in total. The normalized spacial score (nSPS) is 13.8. The molecule has 0 radical (unpaired) electrons. The highest BCUT2D eigenvalue weighted by molar-refractivity contribution is 8.47. The van der Waals surface area contributed by atoms with Gasteiger partial charge in [0.25, 0.3) is 4.87 Å². The van der Waals surface area contributed by atoms with E-state index in [4.69, 9.17) is 23.9 Å². The van der Waals surface area contributed by atoms with E-state index in [9.17, 15) is 4.79 Å². The molecule has 0 aliphatic rings. The van der Waals surface area contributed by atoms with Gasteiger partial charge in [0.2, 0.25) is 0 Å². The second-order valence-electron chi connectivity index (χ2n) is 3.38. The lowest BCUT2D eigenvalue weighted by Gasteiger charge is -2.15. The van der Waals surface area contributed by atoms with Gasteiger partial charge in [-0.15, -0.1) is 11.8 Å². The maximum Gasteiger partial charge on any atom is 0.303 e. The first kappa shape index (κ1) is 15.8. The van der Waals surface area contributed by atoms with Crippen molar-refractivity contribution in [2.75, 3.05) is 5.75 Å². The summed E-state index contributed by atoms with van der Waals surface area (Å²) in [6.07, 6.45) is 1.37. The standard InChI is InChI=1S/C10H15NO2S3/c1-4-7-15-9(14)16-10(2,11-3)6-5-8(12)13/h4-7H2,1-2H3,(H,12,13). The maximum atomic E-state index is 10.5. The summed E-state index contributed by atoms with van der Waals surface area (Å²) in [5, 5.41) is 8.60. The van der Waals surface area contributed by atoms with Gasteiger partial charge in [-0.3, -0.25) is 9.64 Å². The minimum absolute atomic E-state index is 0.00688. The van der Waals surface area contributed by atoms with Crippen LogP contribution in [0.15, 0.2) is 0 Å². The van der Waals surface area contributed by atoms with Crippen LogP contribution < -0.4 is 0 Å². The van der Waals surface area contributed by atoms with Crippen LogP contribution in [0.25, 0.3) is 4.85 Å². The van der Waals surface area contributed by atoms with E-state index < -0.39 is 10.8 Å². The first-order valence-corrected chi connectivity index (χ1v) is 7.10. The third-order valence-electron chi connectivity index (χ3n) is 1.77. The Kier molecular flexibility index (Phi) is 7.81. The molecule has 0 aromatic carbocycles. The lowest BCUT2D eigenvalue weighted by molar-refractivity contribution is -0.137. The van der Waals surface area contributed by atoms with Gasteiger partial charge in [-0.1, -0.05) is 19.1 Å². The summed E-state index contributed by atoms with van der Waals surface area (Å²) in [6.45, 7) is 10.9. The van der Waals surface area contributed by atoms with Crippen LogP contribution in [0.3, 0.4) is 0 Å². The number of carboxylic acids is 1. The summed E-state index contributed by atoms with van der Waals surface area (Å²) in [5.41, 5.74) is 0. The Labute approximate surface area is 110 Å². The summed E-state index contributed by atoms with van der Waals surface area (Å²) >= 11 is 8.01. The molecule has 0 heterocycles. The molecule has 1 unspecified atom stereocenters. The molecule has 0 saturated carbocycles. The van der Waals surface area contributed by atoms with Crippen molar-refractivity contribution in [1.29, 1.82) is 0 Å². The second-order valence-corrected chi connectivity index (χ2v) is 7.16. The van der Waals surface area contributed by atoms with Crippen LogP contribution >= 0.6 is 35.7 Å². The molecule has 16 heavy (non-hydrogen) atoms. The number of aliphatic carboxylic acids is 1.